The van der Waals surface area contributed by atoms with E-state index in [4.69, 9.17) is 23.3 Å². The van der Waals surface area contributed by atoms with E-state index in [-0.39, 0.29) is 5.56 Å². The standard InChI is InChI=1S/C45H30N4/c1-29-20-23-33(24-21-29)48-38-18-10-8-16-34(38)42-40(48)26-27-41-43(42)35-17-9-11-19-39(35)49(41)45-46-37-25-22-32(30-12-4-2-5-13-30)28-36(37)44(47-45)31-14-6-3-7-15-31/h2-28H,1H3/i2D,3D,4D,5D,6D,7D,8D,9D,10D,11D,12D,13D,14D,16D,17D,18D,19D,20D,21D,22D,23D,24D,25D,26D,27D,28D. The van der Waals surface area contributed by atoms with Crippen molar-refractivity contribution in [3.8, 4) is 34.0 Å². The molecule has 230 valence electrons. The van der Waals surface area contributed by atoms with Crippen molar-refractivity contribution in [1.82, 2.24) is 19.1 Å². The fourth-order valence-electron chi connectivity index (χ4n) is 5.88. The van der Waals surface area contributed by atoms with E-state index < -0.39 is 246 Å². The second kappa shape index (κ2) is 10.8. The molecule has 3 aromatic heterocycles. The Hall–Kier alpha value is -6.52. The van der Waals surface area contributed by atoms with Gasteiger partial charge >= 0.3 is 0 Å². The van der Waals surface area contributed by atoms with Gasteiger partial charge in [0, 0.05) is 38.2 Å². The maximum absolute atomic E-state index is 9.80. The number of rotatable bonds is 4. The molecule has 0 amide bonds. The van der Waals surface area contributed by atoms with Crippen LogP contribution in [-0.4, -0.2) is 19.1 Å². The molecule has 0 unspecified atom stereocenters. The highest BCUT2D eigenvalue weighted by molar-refractivity contribution is 6.28. The van der Waals surface area contributed by atoms with Crippen LogP contribution in [0.5, 0.6) is 0 Å². The van der Waals surface area contributed by atoms with Crippen LogP contribution in [0.2, 0.25) is 0 Å². The van der Waals surface area contributed by atoms with Gasteiger partial charge in [-0.05, 0) is 66.4 Å². The lowest BCUT2D eigenvalue weighted by atomic mass is 10.0. The lowest BCUT2D eigenvalue weighted by Gasteiger charge is -2.13. The minimum atomic E-state index is -0.927. The molecule has 7 aromatic carbocycles. The van der Waals surface area contributed by atoms with Crippen molar-refractivity contribution in [2.45, 2.75) is 6.92 Å². The fraction of sp³-hybridized carbons (Fsp3) is 0.0222. The van der Waals surface area contributed by atoms with E-state index in [9.17, 15) is 12.3 Å². The van der Waals surface area contributed by atoms with Crippen molar-refractivity contribution in [3.63, 3.8) is 0 Å². The van der Waals surface area contributed by atoms with Crippen molar-refractivity contribution in [2.24, 2.45) is 0 Å². The Bertz CT molecular complexity index is 4330. The Morgan fingerprint density at radius 3 is 1.82 bits per heavy atom. The van der Waals surface area contributed by atoms with E-state index in [0.29, 0.717) is 0 Å². The van der Waals surface area contributed by atoms with Crippen molar-refractivity contribution in [2.75, 3.05) is 0 Å². The van der Waals surface area contributed by atoms with E-state index in [2.05, 4.69) is 9.97 Å². The van der Waals surface area contributed by atoms with Crippen LogP contribution in [0.15, 0.2) is 163 Å². The molecular formula is C45H30N4. The summed E-state index contributed by atoms with van der Waals surface area (Å²) in [5, 5.41) is -2.32. The van der Waals surface area contributed by atoms with E-state index in [1.807, 2.05) is 0 Å². The molecule has 0 aliphatic rings. The van der Waals surface area contributed by atoms with E-state index in [0.717, 1.165) is 15.2 Å². The summed E-state index contributed by atoms with van der Waals surface area (Å²) in [6.45, 7) is 1.32. The molecule has 4 nitrogen and oxygen atoms in total. The van der Waals surface area contributed by atoms with Crippen LogP contribution >= 0.6 is 0 Å². The summed E-state index contributed by atoms with van der Waals surface area (Å²) in [5.74, 6) is -0.784. The molecule has 10 rings (SSSR count). The molecule has 0 saturated heterocycles. The zero-order valence-corrected chi connectivity index (χ0v) is 24.9. The number of fused-ring (bicyclic) bond motifs is 8. The lowest BCUT2D eigenvalue weighted by Crippen LogP contribution is -2.03. The first-order chi connectivity index (χ1) is 35.0. The third-order valence-electron chi connectivity index (χ3n) is 7.92. The normalized spacial score (nSPS) is 19.2. The van der Waals surface area contributed by atoms with E-state index >= 15 is 0 Å². The van der Waals surface area contributed by atoms with Gasteiger partial charge in [-0.2, -0.15) is 0 Å². The predicted octanol–water partition coefficient (Wildman–Crippen LogP) is 11.5. The Labute approximate surface area is 319 Å². The summed E-state index contributed by atoms with van der Waals surface area (Å²) in [4.78, 5) is 9.23. The lowest BCUT2D eigenvalue weighted by molar-refractivity contribution is 1.01. The monoisotopic (exact) mass is 652 g/mol. The highest BCUT2D eigenvalue weighted by Gasteiger charge is 2.22. The topological polar surface area (TPSA) is 35.6 Å². The highest BCUT2D eigenvalue weighted by Crippen LogP contribution is 2.42. The first-order valence-corrected chi connectivity index (χ1v) is 14.6. The average molecular weight is 653 g/mol. The first kappa shape index (κ1) is 12.2. The molecule has 0 fully saturated rings. The minimum Gasteiger partial charge on any atom is -0.309 e. The van der Waals surface area contributed by atoms with Gasteiger partial charge in [-0.25, -0.2) is 9.97 Å². The van der Waals surface area contributed by atoms with Gasteiger partial charge in [-0.1, -0.05) is 120 Å². The van der Waals surface area contributed by atoms with E-state index in [1.165, 1.54) is 6.92 Å². The zero-order valence-electron chi connectivity index (χ0n) is 50.9. The largest absolute Gasteiger partial charge is 0.309 e. The number of nitrogens with zero attached hydrogens (tertiary/aromatic N) is 4. The predicted molar refractivity (Wildman–Crippen MR) is 204 cm³/mol. The molecular weight excluding hydrogens is 597 g/mol. The SMILES string of the molecule is [2H]c1cc(-c2nc(-n3c4c([2H])c([2H])c([2H])c([2H])c4c4c5c6c([2H])c([2H])c([2H])c([2H])c6n(-c6c([2H])c([2H])c(C)c([2H])c6[2H])c5c([2H])c([2H])c43)nc3c([2H])c([2H])c(-c4c([2H])c([2H])c([2H])c([2H])c4[2H])c([2H])c23)c([2H])c([2H])c1[2H]. The molecule has 0 bridgehead atoms. The molecule has 0 aliphatic heterocycles. The van der Waals surface area contributed by atoms with Crippen LogP contribution in [0.25, 0.3) is 88.5 Å². The van der Waals surface area contributed by atoms with Crippen molar-refractivity contribution in [1.29, 1.82) is 0 Å². The number of hydrogen-bond donors (Lipinski definition) is 0. The van der Waals surface area contributed by atoms with Gasteiger partial charge in [0.15, 0.2) is 0 Å². The highest BCUT2D eigenvalue weighted by atomic mass is 15.2. The average Bonchev–Trinajstić information content (AvgIpc) is 3.93. The van der Waals surface area contributed by atoms with Crippen LogP contribution < -0.4 is 0 Å². The fourth-order valence-corrected chi connectivity index (χ4v) is 5.88. The maximum Gasteiger partial charge on any atom is 0.235 e. The summed E-state index contributed by atoms with van der Waals surface area (Å²) in [6.07, 6.45) is 0. The molecule has 4 heteroatoms. The molecule has 0 saturated carbocycles. The van der Waals surface area contributed by atoms with Crippen molar-refractivity contribution < 1.29 is 35.6 Å². The summed E-state index contributed by atoms with van der Waals surface area (Å²) >= 11 is 0. The number of aromatic nitrogens is 4. The second-order valence-corrected chi connectivity index (χ2v) is 10.7. The number of para-hydroxylation sites is 2. The van der Waals surface area contributed by atoms with Gasteiger partial charge in [-0.15, -0.1) is 0 Å². The molecule has 3 heterocycles. The molecule has 10 aromatic rings. The molecule has 0 N–H and O–H groups in total. The molecule has 49 heavy (non-hydrogen) atoms. The smallest absolute Gasteiger partial charge is 0.235 e. The molecule has 0 spiro atoms. The van der Waals surface area contributed by atoms with Crippen molar-refractivity contribution in [3.05, 3.63) is 169 Å². The van der Waals surface area contributed by atoms with Gasteiger partial charge in [0.05, 0.1) is 68.9 Å². The van der Waals surface area contributed by atoms with Crippen LogP contribution in [0.4, 0.5) is 0 Å². The first-order valence-electron chi connectivity index (χ1n) is 27.6. The molecule has 0 atom stereocenters. The summed E-state index contributed by atoms with van der Waals surface area (Å²) in [6, 6.07) is -20.0. The van der Waals surface area contributed by atoms with Crippen LogP contribution in [0, 0.1) is 6.92 Å². The molecule has 0 aliphatic carbocycles. The van der Waals surface area contributed by atoms with Gasteiger partial charge < -0.3 is 4.57 Å². The Morgan fingerprint density at radius 2 is 1.08 bits per heavy atom. The van der Waals surface area contributed by atoms with Gasteiger partial charge in [0.25, 0.3) is 0 Å². The second-order valence-electron chi connectivity index (χ2n) is 10.7. The summed E-state index contributed by atoms with van der Waals surface area (Å²) < 4.78 is 234. The number of benzene rings is 7. The van der Waals surface area contributed by atoms with Crippen LogP contribution in [0.3, 0.4) is 0 Å². The van der Waals surface area contributed by atoms with Gasteiger partial charge in [0.2, 0.25) is 5.95 Å². The maximum atomic E-state index is 9.80. The van der Waals surface area contributed by atoms with Gasteiger partial charge in [-0.3, -0.25) is 4.57 Å². The quantitative estimate of drug-likeness (QED) is 0.190. The Kier molecular flexibility index (Phi) is 2.67. The summed E-state index contributed by atoms with van der Waals surface area (Å²) in [5.41, 5.74) is -6.03. The third-order valence-corrected chi connectivity index (χ3v) is 7.92. The summed E-state index contributed by atoms with van der Waals surface area (Å²) in [7, 11) is 0. The van der Waals surface area contributed by atoms with Crippen molar-refractivity contribution >= 4 is 54.5 Å². The number of hydrogen-bond acceptors (Lipinski definition) is 2. The zero-order chi connectivity index (χ0) is 55.1. The van der Waals surface area contributed by atoms with Gasteiger partial charge in [0.1, 0.15) is 0 Å². The van der Waals surface area contributed by atoms with E-state index in [1.54, 1.807) is 0 Å². The minimum absolute atomic E-state index is 0.0952. The Balaban J connectivity index is 1.51. The van der Waals surface area contributed by atoms with Crippen LogP contribution in [0.1, 0.15) is 41.2 Å². The Morgan fingerprint density at radius 1 is 0.469 bits per heavy atom. The van der Waals surface area contributed by atoms with Crippen LogP contribution in [-0.2, 0) is 0 Å². The molecule has 0 radical (unpaired) electrons. The third kappa shape index (κ3) is 4.24.